The van der Waals surface area contributed by atoms with Gasteiger partial charge in [-0.1, -0.05) is 18.2 Å². The average molecular weight is 400 g/mol. The third-order valence-electron chi connectivity index (χ3n) is 4.78. The zero-order chi connectivity index (χ0) is 19.0. The lowest BCUT2D eigenvalue weighted by Crippen LogP contribution is -2.30. The summed E-state index contributed by atoms with van der Waals surface area (Å²) in [5, 5.41) is 1.02. The third-order valence-corrected chi connectivity index (χ3v) is 6.97. The number of anilines is 2. The summed E-state index contributed by atoms with van der Waals surface area (Å²) in [6.45, 7) is 1.78. The molecule has 140 valence electrons. The molecule has 0 fully saturated rings. The fourth-order valence-electron chi connectivity index (χ4n) is 3.32. The molecular weight excluding hydrogens is 378 g/mol. The molecule has 5 nitrogen and oxygen atoms in total. The van der Waals surface area contributed by atoms with Gasteiger partial charge >= 0.3 is 0 Å². The number of sulfone groups is 1. The van der Waals surface area contributed by atoms with Crippen LogP contribution in [0.5, 0.6) is 0 Å². The second-order valence-electron chi connectivity index (χ2n) is 6.90. The summed E-state index contributed by atoms with van der Waals surface area (Å²) in [4.78, 5) is 8.41. The van der Waals surface area contributed by atoms with Crippen LogP contribution in [0.4, 0.5) is 10.8 Å². The van der Waals surface area contributed by atoms with Crippen molar-refractivity contribution in [2.75, 3.05) is 23.4 Å². The molecule has 0 saturated heterocycles. The Balaban J connectivity index is 1.48. The van der Waals surface area contributed by atoms with Gasteiger partial charge in [0, 0.05) is 42.5 Å². The van der Waals surface area contributed by atoms with Crippen molar-refractivity contribution in [3.05, 3.63) is 70.2 Å². The van der Waals surface area contributed by atoms with E-state index in [2.05, 4.69) is 22.0 Å². The van der Waals surface area contributed by atoms with Gasteiger partial charge in [0.1, 0.15) is 0 Å². The van der Waals surface area contributed by atoms with Crippen LogP contribution < -0.4 is 10.6 Å². The predicted molar refractivity (Wildman–Crippen MR) is 110 cm³/mol. The summed E-state index contributed by atoms with van der Waals surface area (Å²) in [7, 11) is -3.16. The van der Waals surface area contributed by atoms with Crippen molar-refractivity contribution in [1.82, 2.24) is 4.98 Å². The van der Waals surface area contributed by atoms with Gasteiger partial charge in [0.05, 0.1) is 4.90 Å². The highest BCUT2D eigenvalue weighted by Gasteiger charge is 2.19. The first-order valence-electron chi connectivity index (χ1n) is 8.74. The number of nitrogens with two attached hydrogens (primary N) is 1. The summed E-state index contributed by atoms with van der Waals surface area (Å²) in [6.07, 6.45) is 4.89. The molecule has 27 heavy (non-hydrogen) atoms. The molecule has 0 spiro atoms. The van der Waals surface area contributed by atoms with Crippen LogP contribution in [0.15, 0.2) is 53.6 Å². The Kier molecular flexibility index (Phi) is 4.65. The van der Waals surface area contributed by atoms with Crippen LogP contribution in [0.3, 0.4) is 0 Å². The number of fused-ring (bicyclic) bond motifs is 1. The van der Waals surface area contributed by atoms with Crippen LogP contribution in [0, 0.1) is 0 Å². The monoisotopic (exact) mass is 399 g/mol. The van der Waals surface area contributed by atoms with Gasteiger partial charge in [-0.05, 0) is 47.4 Å². The normalized spacial score (nSPS) is 14.2. The minimum Gasteiger partial charge on any atom is -0.399 e. The van der Waals surface area contributed by atoms with Crippen molar-refractivity contribution in [1.29, 1.82) is 0 Å². The summed E-state index contributed by atoms with van der Waals surface area (Å²) >= 11 is 1.69. The summed E-state index contributed by atoms with van der Waals surface area (Å²) in [6, 6.07) is 13.2. The van der Waals surface area contributed by atoms with Gasteiger partial charge < -0.3 is 10.6 Å². The molecule has 3 aromatic rings. The largest absolute Gasteiger partial charge is 0.399 e. The standard InChI is InChI=1S/C20H21N3O2S2/c1-27(24,25)19-6-2-14(3-7-19)10-18-12-22-20(26-18)23-9-8-15-4-5-17(21)11-16(15)13-23/h2-7,11-12H,8-10,13,21H2,1H3. The Morgan fingerprint density at radius 2 is 1.93 bits per heavy atom. The molecule has 1 aliphatic rings. The predicted octanol–water partition coefficient (Wildman–Crippen LogP) is 3.28. The van der Waals surface area contributed by atoms with Crippen molar-refractivity contribution in [2.45, 2.75) is 24.3 Å². The van der Waals surface area contributed by atoms with Crippen LogP contribution in [0.25, 0.3) is 0 Å². The number of thiazole rings is 1. The highest BCUT2D eigenvalue weighted by Crippen LogP contribution is 2.30. The molecule has 0 atom stereocenters. The maximum atomic E-state index is 11.6. The number of hydrogen-bond acceptors (Lipinski definition) is 6. The molecule has 2 N–H and O–H groups in total. The Morgan fingerprint density at radius 1 is 1.15 bits per heavy atom. The van der Waals surface area contributed by atoms with E-state index in [0.717, 1.165) is 47.2 Å². The van der Waals surface area contributed by atoms with Crippen LogP contribution >= 0.6 is 11.3 Å². The van der Waals surface area contributed by atoms with E-state index in [1.807, 2.05) is 24.4 Å². The SMILES string of the molecule is CS(=O)(=O)c1ccc(Cc2cnc(N3CCc4ccc(N)cc4C3)s2)cc1. The van der Waals surface area contributed by atoms with Gasteiger partial charge in [-0.15, -0.1) is 11.3 Å². The van der Waals surface area contributed by atoms with E-state index < -0.39 is 9.84 Å². The maximum absolute atomic E-state index is 11.6. The summed E-state index contributed by atoms with van der Waals surface area (Å²) < 4.78 is 23.1. The molecule has 2 heterocycles. The second kappa shape index (κ2) is 6.98. The number of hydrogen-bond donors (Lipinski definition) is 1. The lowest BCUT2D eigenvalue weighted by Gasteiger charge is -2.28. The lowest BCUT2D eigenvalue weighted by atomic mass is 9.99. The van der Waals surface area contributed by atoms with Crippen molar-refractivity contribution in [3.63, 3.8) is 0 Å². The second-order valence-corrected chi connectivity index (χ2v) is 10.0. The Labute approximate surface area is 163 Å². The zero-order valence-corrected chi connectivity index (χ0v) is 16.7. The van der Waals surface area contributed by atoms with Crippen molar-refractivity contribution in [3.8, 4) is 0 Å². The van der Waals surface area contributed by atoms with Gasteiger partial charge in [-0.25, -0.2) is 13.4 Å². The number of rotatable bonds is 4. The zero-order valence-electron chi connectivity index (χ0n) is 15.1. The van der Waals surface area contributed by atoms with Crippen LogP contribution in [-0.4, -0.2) is 26.2 Å². The van der Waals surface area contributed by atoms with Crippen LogP contribution in [-0.2, 0) is 29.2 Å². The molecule has 4 rings (SSSR count). The van der Waals surface area contributed by atoms with Crippen molar-refractivity contribution < 1.29 is 8.42 Å². The first-order valence-corrected chi connectivity index (χ1v) is 11.5. The highest BCUT2D eigenvalue weighted by molar-refractivity contribution is 7.90. The van der Waals surface area contributed by atoms with Crippen LogP contribution in [0.1, 0.15) is 21.6 Å². The fourth-order valence-corrected chi connectivity index (χ4v) is 4.92. The van der Waals surface area contributed by atoms with Gasteiger partial charge in [-0.2, -0.15) is 0 Å². The lowest BCUT2D eigenvalue weighted by molar-refractivity contribution is 0.602. The molecule has 1 aliphatic heterocycles. The summed E-state index contributed by atoms with van der Waals surface area (Å²) in [5.74, 6) is 0. The van der Waals surface area contributed by atoms with Gasteiger partial charge in [-0.3, -0.25) is 0 Å². The van der Waals surface area contributed by atoms with E-state index in [1.165, 1.54) is 17.4 Å². The molecule has 0 aliphatic carbocycles. The van der Waals surface area contributed by atoms with E-state index in [-0.39, 0.29) is 0 Å². The molecule has 2 aromatic carbocycles. The Morgan fingerprint density at radius 3 is 2.67 bits per heavy atom. The molecule has 0 bridgehead atoms. The highest BCUT2D eigenvalue weighted by atomic mass is 32.2. The van der Waals surface area contributed by atoms with Crippen LogP contribution in [0.2, 0.25) is 0 Å². The van der Waals surface area contributed by atoms with Gasteiger partial charge in [0.15, 0.2) is 15.0 Å². The Hall–Kier alpha value is -2.38. The minimum atomic E-state index is -3.16. The number of nitrogen functional groups attached to an aromatic ring is 1. The maximum Gasteiger partial charge on any atom is 0.185 e. The van der Waals surface area contributed by atoms with E-state index in [9.17, 15) is 8.42 Å². The molecule has 7 heteroatoms. The van der Waals surface area contributed by atoms with Gasteiger partial charge in [0.2, 0.25) is 0 Å². The number of aromatic nitrogens is 1. The minimum absolute atomic E-state index is 0.350. The van der Waals surface area contributed by atoms with E-state index in [1.54, 1.807) is 23.5 Å². The topological polar surface area (TPSA) is 76.3 Å². The fraction of sp³-hybridized carbons (Fsp3) is 0.250. The summed E-state index contributed by atoms with van der Waals surface area (Å²) in [5.41, 5.74) is 10.4. The first-order chi connectivity index (χ1) is 12.9. The molecule has 0 amide bonds. The van der Waals surface area contributed by atoms with Gasteiger partial charge in [0.25, 0.3) is 0 Å². The first kappa shape index (κ1) is 18.0. The Bertz CT molecular complexity index is 1070. The van der Waals surface area contributed by atoms with E-state index in [4.69, 9.17) is 5.73 Å². The number of nitrogens with zero attached hydrogens (tertiary/aromatic N) is 2. The van der Waals surface area contributed by atoms with E-state index in [0.29, 0.717) is 4.90 Å². The molecule has 0 saturated carbocycles. The van der Waals surface area contributed by atoms with Crippen molar-refractivity contribution >= 4 is 32.0 Å². The smallest absolute Gasteiger partial charge is 0.185 e. The molecule has 0 radical (unpaired) electrons. The van der Waals surface area contributed by atoms with E-state index >= 15 is 0 Å². The molecular formula is C20H21N3O2S2. The molecule has 1 aromatic heterocycles. The third kappa shape index (κ3) is 3.99. The average Bonchev–Trinajstić information content (AvgIpc) is 3.09. The quantitative estimate of drug-likeness (QED) is 0.682. The number of benzene rings is 2. The van der Waals surface area contributed by atoms with Crippen molar-refractivity contribution in [2.24, 2.45) is 0 Å². The molecule has 0 unspecified atom stereocenters.